The van der Waals surface area contributed by atoms with Gasteiger partial charge < -0.3 is 10.4 Å². The highest BCUT2D eigenvalue weighted by atomic mass is 16.4. The number of aromatic carboxylic acids is 1. The lowest BCUT2D eigenvalue weighted by Crippen LogP contribution is -2.36. The van der Waals surface area contributed by atoms with Crippen LogP contribution in [0.15, 0.2) is 12.1 Å². The molecule has 1 saturated carbocycles. The van der Waals surface area contributed by atoms with Crippen LogP contribution in [0, 0.1) is 5.41 Å². The molecule has 2 N–H and O–H groups in total. The van der Waals surface area contributed by atoms with E-state index in [1.807, 2.05) is 13.8 Å². The first-order chi connectivity index (χ1) is 9.46. The second-order valence-corrected chi connectivity index (χ2v) is 6.19. The standard InChI is InChI=1S/C16H24N2O2/c1-4-16(6-5-7-16)10-17-14-9-12(15(19)20)8-13(18-14)11(2)3/h8-9,11H,4-7,10H2,1-3H3,(H,17,18)(H,19,20). The van der Waals surface area contributed by atoms with Crippen LogP contribution < -0.4 is 5.32 Å². The number of carbonyl (C=O) groups is 1. The van der Waals surface area contributed by atoms with Crippen LogP contribution in [0.25, 0.3) is 0 Å². The average molecular weight is 276 g/mol. The van der Waals surface area contributed by atoms with Crippen LogP contribution in [0.2, 0.25) is 0 Å². The van der Waals surface area contributed by atoms with Gasteiger partial charge in [0.2, 0.25) is 0 Å². The van der Waals surface area contributed by atoms with Crippen molar-refractivity contribution in [3.05, 3.63) is 23.4 Å². The van der Waals surface area contributed by atoms with Crippen molar-refractivity contribution in [2.24, 2.45) is 5.41 Å². The first kappa shape index (κ1) is 14.8. The second kappa shape index (κ2) is 5.81. The molecule has 110 valence electrons. The normalized spacial score (nSPS) is 16.8. The molecule has 0 aliphatic heterocycles. The molecule has 2 rings (SSSR count). The minimum absolute atomic E-state index is 0.221. The van der Waals surface area contributed by atoms with E-state index in [9.17, 15) is 9.90 Å². The van der Waals surface area contributed by atoms with Crippen molar-refractivity contribution in [3.63, 3.8) is 0 Å². The lowest BCUT2D eigenvalue weighted by Gasteiger charge is -2.41. The van der Waals surface area contributed by atoms with Crippen LogP contribution in [-0.4, -0.2) is 22.6 Å². The van der Waals surface area contributed by atoms with Gasteiger partial charge in [0.1, 0.15) is 5.82 Å². The van der Waals surface area contributed by atoms with Gasteiger partial charge in [-0.1, -0.05) is 27.2 Å². The zero-order chi connectivity index (χ0) is 14.8. The summed E-state index contributed by atoms with van der Waals surface area (Å²) in [7, 11) is 0. The molecule has 0 bridgehead atoms. The molecular weight excluding hydrogens is 252 g/mol. The van der Waals surface area contributed by atoms with E-state index in [1.54, 1.807) is 12.1 Å². The van der Waals surface area contributed by atoms with Gasteiger partial charge in [-0.15, -0.1) is 0 Å². The highest BCUT2D eigenvalue weighted by Gasteiger charge is 2.34. The van der Waals surface area contributed by atoms with E-state index in [4.69, 9.17) is 0 Å². The Kier molecular flexibility index (Phi) is 4.31. The van der Waals surface area contributed by atoms with Crippen molar-refractivity contribution in [3.8, 4) is 0 Å². The van der Waals surface area contributed by atoms with Gasteiger partial charge in [0, 0.05) is 12.2 Å². The zero-order valence-electron chi connectivity index (χ0n) is 12.6. The number of hydrogen-bond acceptors (Lipinski definition) is 3. The molecule has 1 fully saturated rings. The Morgan fingerprint density at radius 1 is 1.45 bits per heavy atom. The first-order valence-corrected chi connectivity index (χ1v) is 7.45. The third-order valence-electron chi connectivity index (χ3n) is 4.49. The van der Waals surface area contributed by atoms with E-state index < -0.39 is 5.97 Å². The fourth-order valence-corrected chi connectivity index (χ4v) is 2.67. The minimum atomic E-state index is -0.897. The van der Waals surface area contributed by atoms with E-state index in [2.05, 4.69) is 17.2 Å². The van der Waals surface area contributed by atoms with Crippen LogP contribution in [0.3, 0.4) is 0 Å². The van der Waals surface area contributed by atoms with Crippen LogP contribution in [0.1, 0.15) is 68.4 Å². The maximum Gasteiger partial charge on any atom is 0.335 e. The van der Waals surface area contributed by atoms with Crippen molar-refractivity contribution in [1.82, 2.24) is 4.98 Å². The summed E-state index contributed by atoms with van der Waals surface area (Å²) in [5, 5.41) is 12.5. The fraction of sp³-hybridized carbons (Fsp3) is 0.625. The number of pyridine rings is 1. The molecule has 0 aromatic carbocycles. The number of anilines is 1. The molecule has 0 spiro atoms. The van der Waals surface area contributed by atoms with Crippen molar-refractivity contribution in [1.29, 1.82) is 0 Å². The summed E-state index contributed by atoms with van der Waals surface area (Å²) < 4.78 is 0. The number of aromatic nitrogens is 1. The molecular formula is C16H24N2O2. The largest absolute Gasteiger partial charge is 0.478 e. The summed E-state index contributed by atoms with van der Waals surface area (Å²) in [5.41, 5.74) is 1.52. The molecule has 0 amide bonds. The number of rotatable bonds is 6. The van der Waals surface area contributed by atoms with E-state index >= 15 is 0 Å². The van der Waals surface area contributed by atoms with Crippen molar-refractivity contribution in [2.75, 3.05) is 11.9 Å². The first-order valence-electron chi connectivity index (χ1n) is 7.45. The van der Waals surface area contributed by atoms with Crippen LogP contribution >= 0.6 is 0 Å². The number of carboxylic acid groups (broad SMARTS) is 1. The Balaban J connectivity index is 2.16. The molecule has 0 saturated heterocycles. The molecule has 4 heteroatoms. The second-order valence-electron chi connectivity index (χ2n) is 6.19. The van der Waals surface area contributed by atoms with E-state index in [1.165, 1.54) is 19.3 Å². The molecule has 0 atom stereocenters. The lowest BCUT2D eigenvalue weighted by atomic mass is 9.67. The molecule has 4 nitrogen and oxygen atoms in total. The smallest absolute Gasteiger partial charge is 0.335 e. The van der Waals surface area contributed by atoms with Crippen LogP contribution in [0.4, 0.5) is 5.82 Å². The zero-order valence-corrected chi connectivity index (χ0v) is 12.6. The Bertz CT molecular complexity index is 488. The van der Waals surface area contributed by atoms with Gasteiger partial charge in [0.15, 0.2) is 0 Å². The predicted octanol–water partition coefficient (Wildman–Crippen LogP) is 3.90. The highest BCUT2D eigenvalue weighted by molar-refractivity contribution is 5.88. The van der Waals surface area contributed by atoms with Gasteiger partial charge in [-0.2, -0.15) is 0 Å². The molecule has 0 radical (unpaired) electrons. The van der Waals surface area contributed by atoms with Gasteiger partial charge in [0.25, 0.3) is 0 Å². The SMILES string of the molecule is CCC1(CNc2cc(C(=O)O)cc(C(C)C)n2)CCC1. The van der Waals surface area contributed by atoms with Gasteiger partial charge in [-0.3, -0.25) is 0 Å². The number of nitrogens with zero attached hydrogens (tertiary/aromatic N) is 1. The molecule has 1 aromatic rings. The topological polar surface area (TPSA) is 62.2 Å². The van der Waals surface area contributed by atoms with Crippen LogP contribution in [-0.2, 0) is 0 Å². The summed E-state index contributed by atoms with van der Waals surface area (Å²) >= 11 is 0. The van der Waals surface area contributed by atoms with Crippen molar-refractivity contribution >= 4 is 11.8 Å². The summed E-state index contributed by atoms with van der Waals surface area (Å²) in [6.07, 6.45) is 4.98. The van der Waals surface area contributed by atoms with Crippen LogP contribution in [0.5, 0.6) is 0 Å². The number of nitrogens with one attached hydrogen (secondary N) is 1. The van der Waals surface area contributed by atoms with Gasteiger partial charge >= 0.3 is 5.97 Å². The molecule has 0 unspecified atom stereocenters. The third kappa shape index (κ3) is 3.11. The Labute approximate surface area is 120 Å². The summed E-state index contributed by atoms with van der Waals surface area (Å²) in [4.78, 5) is 15.7. The van der Waals surface area contributed by atoms with Crippen molar-refractivity contribution < 1.29 is 9.90 Å². The Morgan fingerprint density at radius 3 is 2.60 bits per heavy atom. The van der Waals surface area contributed by atoms with Gasteiger partial charge in [0.05, 0.1) is 5.56 Å². The van der Waals surface area contributed by atoms with E-state index in [0.29, 0.717) is 16.8 Å². The Morgan fingerprint density at radius 2 is 2.15 bits per heavy atom. The summed E-state index contributed by atoms with van der Waals surface area (Å²) in [5.74, 6) is 0.0122. The quantitative estimate of drug-likeness (QED) is 0.827. The summed E-state index contributed by atoms with van der Waals surface area (Å²) in [6, 6.07) is 3.30. The van der Waals surface area contributed by atoms with Gasteiger partial charge in [-0.25, -0.2) is 9.78 Å². The lowest BCUT2D eigenvalue weighted by molar-refractivity contribution is 0.0696. The highest BCUT2D eigenvalue weighted by Crippen LogP contribution is 2.43. The molecule has 20 heavy (non-hydrogen) atoms. The van der Waals surface area contributed by atoms with Gasteiger partial charge in [-0.05, 0) is 42.7 Å². The molecule has 1 aliphatic rings. The van der Waals surface area contributed by atoms with E-state index in [-0.39, 0.29) is 5.92 Å². The average Bonchev–Trinajstić information content (AvgIpc) is 2.37. The third-order valence-corrected chi connectivity index (χ3v) is 4.49. The number of hydrogen-bond donors (Lipinski definition) is 2. The Hall–Kier alpha value is -1.58. The van der Waals surface area contributed by atoms with Crippen molar-refractivity contribution in [2.45, 2.75) is 52.4 Å². The van der Waals surface area contributed by atoms with E-state index in [0.717, 1.165) is 18.7 Å². The molecule has 1 heterocycles. The summed E-state index contributed by atoms with van der Waals surface area (Å²) in [6.45, 7) is 7.16. The predicted molar refractivity (Wildman–Crippen MR) is 80.4 cm³/mol. The maximum atomic E-state index is 11.2. The number of carboxylic acids is 1. The monoisotopic (exact) mass is 276 g/mol. The molecule has 1 aromatic heterocycles. The minimum Gasteiger partial charge on any atom is -0.478 e. The maximum absolute atomic E-state index is 11.2. The molecule has 1 aliphatic carbocycles. The fourth-order valence-electron chi connectivity index (χ4n) is 2.67.